The van der Waals surface area contributed by atoms with Crippen LogP contribution in [-0.2, 0) is 26.0 Å². The van der Waals surface area contributed by atoms with Gasteiger partial charge in [0.1, 0.15) is 0 Å². The Labute approximate surface area is 199 Å². The summed E-state index contributed by atoms with van der Waals surface area (Å²) in [6.07, 6.45) is 3.54. The summed E-state index contributed by atoms with van der Waals surface area (Å²) in [4.78, 5) is 27.3. The van der Waals surface area contributed by atoms with Gasteiger partial charge >= 0.3 is 0 Å². The number of carbonyl (C=O) groups is 2. The number of nitrogens with one attached hydrogen (secondary N) is 1. The summed E-state index contributed by atoms with van der Waals surface area (Å²) in [5.41, 5.74) is 3.00. The summed E-state index contributed by atoms with van der Waals surface area (Å²) >= 11 is 5.94. The summed E-state index contributed by atoms with van der Waals surface area (Å²) in [5, 5.41) is 3.29. The average Bonchev–Trinajstić information content (AvgIpc) is 3.03. The summed E-state index contributed by atoms with van der Waals surface area (Å²) in [7, 11) is -2.50. The van der Waals surface area contributed by atoms with Crippen LogP contribution in [0.5, 0.6) is 0 Å². The van der Waals surface area contributed by atoms with E-state index < -0.39 is 15.9 Å². The number of hydrogen-bond donors (Lipinski definition) is 1. The highest BCUT2D eigenvalue weighted by Gasteiger charge is 2.37. The maximum Gasteiger partial charge on any atom is 0.243 e. The summed E-state index contributed by atoms with van der Waals surface area (Å²) in [6, 6.07) is 9.93. The number of carbonyl (C=O) groups excluding carboxylic acids is 2. The lowest BCUT2D eigenvalue weighted by Crippen LogP contribution is -2.42. The molecule has 1 aliphatic heterocycles. The van der Waals surface area contributed by atoms with Crippen LogP contribution in [0, 0.1) is 12.8 Å². The van der Waals surface area contributed by atoms with E-state index in [9.17, 15) is 18.0 Å². The normalized spacial score (nSPS) is 18.2. The molecule has 2 aliphatic rings. The van der Waals surface area contributed by atoms with Crippen molar-refractivity contribution in [1.82, 2.24) is 4.31 Å². The quantitative estimate of drug-likeness (QED) is 0.664. The third kappa shape index (κ3) is 4.65. The van der Waals surface area contributed by atoms with E-state index in [1.165, 1.54) is 13.1 Å². The molecule has 7 nitrogen and oxygen atoms in total. The van der Waals surface area contributed by atoms with Gasteiger partial charge in [0.15, 0.2) is 0 Å². The zero-order valence-corrected chi connectivity index (χ0v) is 20.5. The summed E-state index contributed by atoms with van der Waals surface area (Å²) in [6.45, 7) is 3.47. The van der Waals surface area contributed by atoms with Crippen molar-refractivity contribution in [1.29, 1.82) is 0 Å². The van der Waals surface area contributed by atoms with Crippen molar-refractivity contribution in [2.75, 3.05) is 23.8 Å². The minimum Gasteiger partial charge on any atom is -0.325 e. The van der Waals surface area contributed by atoms with Gasteiger partial charge in [0.25, 0.3) is 0 Å². The lowest BCUT2D eigenvalue weighted by molar-refractivity contribution is -0.125. The van der Waals surface area contributed by atoms with Crippen LogP contribution >= 0.6 is 11.6 Å². The molecule has 33 heavy (non-hydrogen) atoms. The highest BCUT2D eigenvalue weighted by atomic mass is 35.5. The highest BCUT2D eigenvalue weighted by Crippen LogP contribution is 2.38. The standard InChI is InChI=1S/C24H28ClN3O4S/c1-15-11-19(25)7-9-21(15)26-23(29)14-27(3)33(31,32)20-8-10-22-18(13-20)12-16(2)28(22)24(30)17-5-4-6-17/h7-11,13,16-17H,4-6,12,14H2,1-3H3,(H,26,29). The first-order valence-electron chi connectivity index (χ1n) is 11.1. The molecule has 1 N–H and O–H groups in total. The van der Waals surface area contributed by atoms with E-state index in [-0.39, 0.29) is 29.3 Å². The second-order valence-electron chi connectivity index (χ2n) is 8.95. The van der Waals surface area contributed by atoms with Gasteiger partial charge in [-0.15, -0.1) is 0 Å². The predicted molar refractivity (Wildman–Crippen MR) is 129 cm³/mol. The molecule has 9 heteroatoms. The van der Waals surface area contributed by atoms with Crippen molar-refractivity contribution < 1.29 is 18.0 Å². The third-order valence-corrected chi connectivity index (χ3v) is 8.53. The fourth-order valence-corrected chi connectivity index (χ4v) is 5.78. The Morgan fingerprint density at radius 2 is 1.91 bits per heavy atom. The number of nitrogens with zero attached hydrogens (tertiary/aromatic N) is 2. The lowest BCUT2D eigenvalue weighted by atomic mass is 9.84. The minimum atomic E-state index is -3.88. The maximum absolute atomic E-state index is 13.1. The van der Waals surface area contributed by atoms with Gasteiger partial charge in [-0.2, -0.15) is 4.31 Å². The Kier molecular flexibility index (Phi) is 6.53. The molecule has 0 aromatic heterocycles. The van der Waals surface area contributed by atoms with Crippen LogP contribution in [-0.4, -0.2) is 44.2 Å². The van der Waals surface area contributed by atoms with Gasteiger partial charge in [-0.3, -0.25) is 9.59 Å². The SMILES string of the molecule is Cc1cc(Cl)ccc1NC(=O)CN(C)S(=O)(=O)c1ccc2c(c1)CC(C)N2C(=O)C1CCC1. The van der Waals surface area contributed by atoms with Gasteiger partial charge in [-0.25, -0.2) is 8.42 Å². The van der Waals surface area contributed by atoms with E-state index in [0.29, 0.717) is 17.1 Å². The Morgan fingerprint density at radius 1 is 1.18 bits per heavy atom. The van der Waals surface area contributed by atoms with Crippen LogP contribution in [0.15, 0.2) is 41.3 Å². The van der Waals surface area contributed by atoms with Crippen LogP contribution in [0.1, 0.15) is 37.3 Å². The smallest absolute Gasteiger partial charge is 0.243 e. The first-order valence-corrected chi connectivity index (χ1v) is 12.9. The number of hydrogen-bond acceptors (Lipinski definition) is 4. The number of anilines is 2. The molecule has 4 rings (SSSR count). The number of amides is 2. The Hall–Kier alpha value is -2.42. The van der Waals surface area contributed by atoms with E-state index >= 15 is 0 Å². The number of sulfonamides is 1. The molecule has 1 heterocycles. The molecule has 2 aromatic rings. The van der Waals surface area contributed by atoms with Gasteiger partial charge in [0.05, 0.1) is 11.4 Å². The molecule has 0 radical (unpaired) electrons. The summed E-state index contributed by atoms with van der Waals surface area (Å²) in [5.74, 6) is -0.233. The van der Waals surface area contributed by atoms with Gasteiger partial charge in [0.2, 0.25) is 21.8 Å². The van der Waals surface area contributed by atoms with E-state index in [0.717, 1.165) is 40.4 Å². The number of aryl methyl sites for hydroxylation is 1. The molecule has 1 atom stereocenters. The molecule has 2 aromatic carbocycles. The third-order valence-electron chi connectivity index (χ3n) is 6.50. The molecule has 0 bridgehead atoms. The molecule has 0 spiro atoms. The molecular weight excluding hydrogens is 462 g/mol. The Balaban J connectivity index is 1.48. The minimum absolute atomic E-state index is 0.00261. The van der Waals surface area contributed by atoms with Crippen molar-refractivity contribution >= 4 is 44.8 Å². The van der Waals surface area contributed by atoms with Gasteiger partial charge in [0, 0.05) is 35.4 Å². The van der Waals surface area contributed by atoms with E-state index in [2.05, 4.69) is 5.32 Å². The highest BCUT2D eigenvalue weighted by molar-refractivity contribution is 7.89. The zero-order valence-electron chi connectivity index (χ0n) is 19.0. The fraction of sp³-hybridized carbons (Fsp3) is 0.417. The molecule has 2 amide bonds. The molecule has 1 fully saturated rings. The first kappa shape index (κ1) is 23.7. The van der Waals surface area contributed by atoms with E-state index in [1.807, 2.05) is 18.7 Å². The molecular formula is C24H28ClN3O4S. The van der Waals surface area contributed by atoms with Gasteiger partial charge in [-0.1, -0.05) is 18.0 Å². The van der Waals surface area contributed by atoms with Crippen LogP contribution in [0.2, 0.25) is 5.02 Å². The maximum atomic E-state index is 13.1. The van der Waals surface area contributed by atoms with Crippen LogP contribution < -0.4 is 10.2 Å². The lowest BCUT2D eigenvalue weighted by Gasteiger charge is -2.32. The largest absolute Gasteiger partial charge is 0.325 e. The van der Waals surface area contributed by atoms with Gasteiger partial charge in [-0.05, 0) is 80.6 Å². The van der Waals surface area contributed by atoms with Gasteiger partial charge < -0.3 is 10.2 Å². The second kappa shape index (κ2) is 9.08. The van der Waals surface area contributed by atoms with Crippen LogP contribution in [0.4, 0.5) is 11.4 Å². The molecule has 1 saturated carbocycles. The number of fused-ring (bicyclic) bond motifs is 1. The Morgan fingerprint density at radius 3 is 2.55 bits per heavy atom. The van der Waals surface area contributed by atoms with Crippen LogP contribution in [0.25, 0.3) is 0 Å². The summed E-state index contributed by atoms with van der Waals surface area (Å²) < 4.78 is 27.3. The fourth-order valence-electron chi connectivity index (χ4n) is 4.38. The van der Waals surface area contributed by atoms with Crippen molar-refractivity contribution in [2.45, 2.75) is 50.5 Å². The molecule has 0 saturated heterocycles. The number of benzene rings is 2. The van der Waals surface area contributed by atoms with Crippen molar-refractivity contribution in [3.8, 4) is 0 Å². The zero-order chi connectivity index (χ0) is 23.9. The van der Waals surface area contributed by atoms with Crippen LogP contribution in [0.3, 0.4) is 0 Å². The average molecular weight is 490 g/mol. The first-order chi connectivity index (χ1) is 15.6. The van der Waals surface area contributed by atoms with E-state index in [4.69, 9.17) is 11.6 Å². The predicted octanol–water partition coefficient (Wildman–Crippen LogP) is 3.99. The molecule has 1 unspecified atom stereocenters. The van der Waals surface area contributed by atoms with Crippen molar-refractivity contribution in [2.24, 2.45) is 5.92 Å². The molecule has 1 aliphatic carbocycles. The molecule has 176 valence electrons. The van der Waals surface area contributed by atoms with E-state index in [1.54, 1.807) is 30.3 Å². The Bertz CT molecular complexity index is 1210. The van der Waals surface area contributed by atoms with Crippen molar-refractivity contribution in [3.63, 3.8) is 0 Å². The monoisotopic (exact) mass is 489 g/mol. The second-order valence-corrected chi connectivity index (χ2v) is 11.4. The topological polar surface area (TPSA) is 86.8 Å². The number of likely N-dealkylation sites (N-methyl/N-ethyl adjacent to an activating group) is 1. The number of halogens is 1. The van der Waals surface area contributed by atoms with Crippen molar-refractivity contribution in [3.05, 3.63) is 52.5 Å². The number of rotatable bonds is 6.